The highest BCUT2D eigenvalue weighted by atomic mass is 35.5. The fraction of sp³-hybridized carbons (Fsp3) is 0.444. The second-order valence-corrected chi connectivity index (χ2v) is 7.05. The van der Waals surface area contributed by atoms with Gasteiger partial charge >= 0.3 is 0 Å². The van der Waals surface area contributed by atoms with E-state index < -0.39 is 0 Å². The van der Waals surface area contributed by atoms with Crippen LogP contribution in [0.25, 0.3) is 21.8 Å². The molecule has 1 fully saturated rings. The van der Waals surface area contributed by atoms with Gasteiger partial charge in [-0.2, -0.15) is 0 Å². The summed E-state index contributed by atoms with van der Waals surface area (Å²) in [5.41, 5.74) is 1.24. The highest BCUT2D eigenvalue weighted by molar-refractivity contribution is 6.37. The molecule has 2 aromatic heterocycles. The molecule has 1 saturated carbocycles. The molecule has 3 aromatic rings. The van der Waals surface area contributed by atoms with Crippen molar-refractivity contribution >= 4 is 33.4 Å². The Kier molecular flexibility index (Phi) is 3.85. The lowest BCUT2D eigenvalue weighted by Gasteiger charge is -2.30. The Morgan fingerprint density at radius 3 is 3.00 bits per heavy atom. The zero-order valence-electron chi connectivity index (χ0n) is 13.5. The van der Waals surface area contributed by atoms with Crippen LogP contribution < -0.4 is 5.56 Å². The molecule has 2 atom stereocenters. The Bertz CT molecular complexity index is 976. The van der Waals surface area contributed by atoms with Gasteiger partial charge in [0.05, 0.1) is 10.5 Å². The number of aromatic nitrogens is 2. The number of fused-ring (bicyclic) bond motifs is 3. The summed E-state index contributed by atoms with van der Waals surface area (Å²) in [4.78, 5) is 13.2. The van der Waals surface area contributed by atoms with Crippen LogP contribution >= 0.6 is 11.6 Å². The first kappa shape index (κ1) is 15.7. The van der Waals surface area contributed by atoms with E-state index in [2.05, 4.69) is 5.16 Å². The first-order valence-electron chi connectivity index (χ1n) is 8.31. The van der Waals surface area contributed by atoms with Crippen molar-refractivity contribution in [3.8, 4) is 0 Å². The number of aryl methyl sites for hydroxylation is 1. The van der Waals surface area contributed by atoms with Crippen LogP contribution in [0.2, 0.25) is 5.02 Å². The Morgan fingerprint density at radius 1 is 1.38 bits per heavy atom. The lowest BCUT2D eigenvalue weighted by Crippen LogP contribution is -2.30. The van der Waals surface area contributed by atoms with E-state index in [4.69, 9.17) is 16.1 Å². The largest absolute Gasteiger partial charge is 0.396 e. The molecule has 1 aromatic carbocycles. The van der Waals surface area contributed by atoms with Gasteiger partial charge in [0, 0.05) is 18.0 Å². The molecule has 1 N–H and O–H groups in total. The maximum atomic E-state index is 13.2. The van der Waals surface area contributed by atoms with Crippen LogP contribution in [0.15, 0.2) is 27.5 Å². The number of pyridine rings is 1. The molecule has 126 valence electrons. The quantitative estimate of drug-likeness (QED) is 0.765. The van der Waals surface area contributed by atoms with Gasteiger partial charge in [-0.1, -0.05) is 29.2 Å². The van der Waals surface area contributed by atoms with Gasteiger partial charge in [-0.25, -0.2) is 0 Å². The Labute approximate surface area is 143 Å². The van der Waals surface area contributed by atoms with Crippen LogP contribution in [-0.4, -0.2) is 21.4 Å². The minimum Gasteiger partial charge on any atom is -0.396 e. The average molecular weight is 347 g/mol. The molecule has 4 rings (SSSR count). The number of rotatable bonds is 2. The fourth-order valence-corrected chi connectivity index (χ4v) is 4.26. The Hall–Kier alpha value is -1.85. The van der Waals surface area contributed by atoms with Crippen LogP contribution in [0.1, 0.15) is 37.5 Å². The van der Waals surface area contributed by atoms with Gasteiger partial charge in [0.2, 0.25) is 0 Å². The summed E-state index contributed by atoms with van der Waals surface area (Å²) in [6.07, 6.45) is 3.74. The van der Waals surface area contributed by atoms with E-state index in [0.29, 0.717) is 21.7 Å². The molecule has 0 unspecified atom stereocenters. The molecule has 0 saturated heterocycles. The standard InChI is InChI=1S/C18H19ClN2O3/c1-10-15-17(20-24-10)16-13(19)6-3-7-14(16)21(18(15)23)12-5-2-4-11(8-12)9-22/h3,6-7,11-12,22H,2,4-5,8-9H2,1H3/t11-,12+/m1/s1. The molecule has 1 aliphatic carbocycles. The second-order valence-electron chi connectivity index (χ2n) is 6.64. The SMILES string of the molecule is Cc1onc2c1c(=O)n([C@H]1CCC[C@@H](CO)C1)c1cccc(Cl)c21. The van der Waals surface area contributed by atoms with Gasteiger partial charge in [0.1, 0.15) is 16.7 Å². The Balaban J connectivity index is 2.06. The summed E-state index contributed by atoms with van der Waals surface area (Å²) in [5.74, 6) is 0.754. The normalized spacial score (nSPS) is 21.6. The molecule has 6 heteroatoms. The highest BCUT2D eigenvalue weighted by Crippen LogP contribution is 2.36. The van der Waals surface area contributed by atoms with Crippen molar-refractivity contribution in [1.29, 1.82) is 0 Å². The molecule has 0 aliphatic heterocycles. The zero-order chi connectivity index (χ0) is 16.8. The smallest absolute Gasteiger partial charge is 0.264 e. The van der Waals surface area contributed by atoms with Crippen LogP contribution in [0, 0.1) is 12.8 Å². The van der Waals surface area contributed by atoms with Crippen LogP contribution in [0.3, 0.4) is 0 Å². The van der Waals surface area contributed by atoms with Gasteiger partial charge in [0.15, 0.2) is 0 Å². The summed E-state index contributed by atoms with van der Waals surface area (Å²) in [7, 11) is 0. The van der Waals surface area contributed by atoms with Crippen molar-refractivity contribution in [2.75, 3.05) is 6.61 Å². The van der Waals surface area contributed by atoms with Crippen molar-refractivity contribution in [1.82, 2.24) is 9.72 Å². The van der Waals surface area contributed by atoms with Crippen molar-refractivity contribution in [2.24, 2.45) is 5.92 Å². The molecule has 0 spiro atoms. The maximum Gasteiger partial charge on any atom is 0.264 e. The third-order valence-corrected chi connectivity index (χ3v) is 5.48. The topological polar surface area (TPSA) is 68.3 Å². The predicted molar refractivity (Wildman–Crippen MR) is 93.6 cm³/mol. The second kappa shape index (κ2) is 5.90. The van der Waals surface area contributed by atoms with E-state index in [9.17, 15) is 9.90 Å². The van der Waals surface area contributed by atoms with E-state index in [-0.39, 0.29) is 24.1 Å². The van der Waals surface area contributed by atoms with E-state index in [1.165, 1.54) is 0 Å². The summed E-state index contributed by atoms with van der Waals surface area (Å²) in [6.45, 7) is 1.92. The van der Waals surface area contributed by atoms with Crippen molar-refractivity contribution in [3.63, 3.8) is 0 Å². The number of hydrogen-bond donors (Lipinski definition) is 1. The molecule has 1 aliphatic rings. The van der Waals surface area contributed by atoms with E-state index in [1.54, 1.807) is 13.0 Å². The third-order valence-electron chi connectivity index (χ3n) is 5.16. The Morgan fingerprint density at radius 2 is 2.21 bits per heavy atom. The highest BCUT2D eigenvalue weighted by Gasteiger charge is 2.27. The zero-order valence-corrected chi connectivity index (χ0v) is 14.2. The summed E-state index contributed by atoms with van der Waals surface area (Å²) in [6, 6.07) is 5.63. The van der Waals surface area contributed by atoms with Gasteiger partial charge in [-0.15, -0.1) is 0 Å². The molecular formula is C18H19ClN2O3. The number of nitrogens with zero attached hydrogens (tertiary/aromatic N) is 2. The number of halogens is 1. The molecule has 2 heterocycles. The molecule has 0 amide bonds. The number of hydrogen-bond acceptors (Lipinski definition) is 4. The average Bonchev–Trinajstić information content (AvgIpc) is 2.97. The number of aliphatic hydroxyl groups is 1. The predicted octanol–water partition coefficient (Wildman–Crippen LogP) is 3.83. The first-order chi connectivity index (χ1) is 11.6. The van der Waals surface area contributed by atoms with Gasteiger partial charge in [0.25, 0.3) is 5.56 Å². The third kappa shape index (κ3) is 2.26. The van der Waals surface area contributed by atoms with Crippen LogP contribution in [-0.2, 0) is 0 Å². The van der Waals surface area contributed by atoms with E-state index in [1.807, 2.05) is 16.7 Å². The van der Waals surface area contributed by atoms with Crippen molar-refractivity contribution in [2.45, 2.75) is 38.6 Å². The molecule has 24 heavy (non-hydrogen) atoms. The molecule has 5 nitrogen and oxygen atoms in total. The van der Waals surface area contributed by atoms with E-state index in [0.717, 1.165) is 36.6 Å². The molecular weight excluding hydrogens is 328 g/mol. The van der Waals surface area contributed by atoms with Crippen LogP contribution in [0.4, 0.5) is 0 Å². The summed E-state index contributed by atoms with van der Waals surface area (Å²) < 4.78 is 7.12. The molecule has 0 radical (unpaired) electrons. The van der Waals surface area contributed by atoms with Gasteiger partial charge in [-0.05, 0) is 44.2 Å². The maximum absolute atomic E-state index is 13.2. The molecule has 0 bridgehead atoms. The van der Waals surface area contributed by atoms with Crippen LogP contribution in [0.5, 0.6) is 0 Å². The minimum atomic E-state index is -0.0814. The number of benzene rings is 1. The van der Waals surface area contributed by atoms with Crippen molar-refractivity contribution < 1.29 is 9.63 Å². The monoisotopic (exact) mass is 346 g/mol. The lowest BCUT2D eigenvalue weighted by atomic mass is 9.85. The first-order valence-corrected chi connectivity index (χ1v) is 8.69. The van der Waals surface area contributed by atoms with E-state index >= 15 is 0 Å². The minimum absolute atomic E-state index is 0.0584. The van der Waals surface area contributed by atoms with Gasteiger partial charge < -0.3 is 14.2 Å². The number of aliphatic hydroxyl groups excluding tert-OH is 1. The summed E-state index contributed by atoms with van der Waals surface area (Å²) in [5, 5.41) is 15.4. The van der Waals surface area contributed by atoms with Crippen molar-refractivity contribution in [3.05, 3.63) is 39.3 Å². The summed E-state index contributed by atoms with van der Waals surface area (Å²) >= 11 is 6.43. The lowest BCUT2D eigenvalue weighted by molar-refractivity contribution is 0.163. The fourth-order valence-electron chi connectivity index (χ4n) is 4.00. The van der Waals surface area contributed by atoms with Gasteiger partial charge in [-0.3, -0.25) is 4.79 Å².